The van der Waals surface area contributed by atoms with E-state index in [1.165, 1.54) is 18.2 Å². The third kappa shape index (κ3) is 3.11. The summed E-state index contributed by atoms with van der Waals surface area (Å²) in [7, 11) is 0. The van der Waals surface area contributed by atoms with Crippen molar-refractivity contribution in [2.45, 2.75) is 25.3 Å². The number of amides is 1. The molecule has 0 radical (unpaired) electrons. The summed E-state index contributed by atoms with van der Waals surface area (Å²) in [6.45, 7) is 0.0543. The van der Waals surface area contributed by atoms with Crippen molar-refractivity contribution in [1.29, 1.82) is 0 Å². The van der Waals surface area contributed by atoms with Gasteiger partial charge in [-0.25, -0.2) is 0 Å². The molecule has 0 atom stereocenters. The molecule has 1 saturated carbocycles. The Kier molecular flexibility index (Phi) is 4.71. The molecule has 4 N–H and O–H groups in total. The van der Waals surface area contributed by atoms with E-state index in [1.54, 1.807) is 4.90 Å². The van der Waals surface area contributed by atoms with E-state index in [-0.39, 0.29) is 36.4 Å². The molecule has 0 aromatic heterocycles. The highest BCUT2D eigenvalue weighted by molar-refractivity contribution is 6.00. The number of nitro groups is 1. The fourth-order valence-corrected chi connectivity index (χ4v) is 2.36. The number of rotatable bonds is 6. The van der Waals surface area contributed by atoms with Gasteiger partial charge in [-0.1, -0.05) is 0 Å². The Hall–Kier alpha value is -2.19. The highest BCUT2D eigenvalue weighted by Gasteiger charge is 2.30. The van der Waals surface area contributed by atoms with Crippen LogP contribution in [-0.4, -0.2) is 40.0 Å². The molecule has 1 aliphatic carbocycles. The number of nitrogens with one attached hydrogen (secondary N) is 1. The van der Waals surface area contributed by atoms with E-state index in [9.17, 15) is 14.9 Å². The SMILES string of the molecule is NNc1ccc([N+](=O)[O-])cc1C(=O)N(CCO)C1CCC1. The molecule has 0 spiro atoms. The average molecular weight is 294 g/mol. The Bertz CT molecular complexity index is 545. The van der Waals surface area contributed by atoms with Gasteiger partial charge in [-0.2, -0.15) is 0 Å². The minimum Gasteiger partial charge on any atom is -0.395 e. The summed E-state index contributed by atoms with van der Waals surface area (Å²) >= 11 is 0. The number of aliphatic hydroxyl groups is 1. The highest BCUT2D eigenvalue weighted by atomic mass is 16.6. The molecule has 8 heteroatoms. The smallest absolute Gasteiger partial charge is 0.270 e. The number of anilines is 1. The predicted octanol–water partition coefficient (Wildman–Crippen LogP) is 0.867. The highest BCUT2D eigenvalue weighted by Crippen LogP contribution is 2.29. The molecule has 0 heterocycles. The number of nitrogen functional groups attached to an aromatic ring is 1. The van der Waals surface area contributed by atoms with Crippen LogP contribution in [0.3, 0.4) is 0 Å². The lowest BCUT2D eigenvalue weighted by Gasteiger charge is -2.37. The number of hydrazine groups is 1. The summed E-state index contributed by atoms with van der Waals surface area (Å²) in [6, 6.07) is 3.98. The normalized spacial score (nSPS) is 14.4. The molecule has 1 aliphatic rings. The van der Waals surface area contributed by atoms with E-state index in [2.05, 4.69) is 5.43 Å². The van der Waals surface area contributed by atoms with Gasteiger partial charge in [-0.15, -0.1) is 0 Å². The predicted molar refractivity (Wildman–Crippen MR) is 76.7 cm³/mol. The average Bonchev–Trinajstić information content (AvgIpc) is 2.43. The largest absolute Gasteiger partial charge is 0.395 e. The lowest BCUT2D eigenvalue weighted by Crippen LogP contribution is -2.45. The third-order valence-electron chi connectivity index (χ3n) is 3.72. The van der Waals surface area contributed by atoms with Crippen molar-refractivity contribution in [3.63, 3.8) is 0 Å². The Balaban J connectivity index is 2.34. The van der Waals surface area contributed by atoms with Gasteiger partial charge in [0.25, 0.3) is 11.6 Å². The van der Waals surface area contributed by atoms with Crippen LogP contribution in [0, 0.1) is 10.1 Å². The molecule has 1 aromatic carbocycles. The number of hydrogen-bond donors (Lipinski definition) is 3. The second-order valence-corrected chi connectivity index (χ2v) is 4.94. The molecule has 21 heavy (non-hydrogen) atoms. The number of nitro benzene ring substituents is 1. The van der Waals surface area contributed by atoms with Gasteiger partial charge in [0.1, 0.15) is 0 Å². The summed E-state index contributed by atoms with van der Waals surface area (Å²) in [5.74, 6) is 5.02. The van der Waals surface area contributed by atoms with Crippen LogP contribution in [0.1, 0.15) is 29.6 Å². The second-order valence-electron chi connectivity index (χ2n) is 4.94. The molecule has 1 fully saturated rings. The van der Waals surface area contributed by atoms with Gasteiger partial charge in [-0.3, -0.25) is 20.8 Å². The van der Waals surface area contributed by atoms with Crippen LogP contribution in [0.25, 0.3) is 0 Å². The number of aliphatic hydroxyl groups excluding tert-OH is 1. The van der Waals surface area contributed by atoms with E-state index < -0.39 is 4.92 Å². The molecule has 114 valence electrons. The fourth-order valence-electron chi connectivity index (χ4n) is 2.36. The van der Waals surface area contributed by atoms with Gasteiger partial charge in [0.2, 0.25) is 0 Å². The van der Waals surface area contributed by atoms with Gasteiger partial charge in [-0.05, 0) is 25.3 Å². The maximum atomic E-state index is 12.6. The molecular weight excluding hydrogens is 276 g/mol. The summed E-state index contributed by atoms with van der Waals surface area (Å²) < 4.78 is 0. The van der Waals surface area contributed by atoms with Gasteiger partial charge in [0, 0.05) is 24.7 Å². The zero-order valence-corrected chi connectivity index (χ0v) is 11.5. The molecule has 1 amide bonds. The van der Waals surface area contributed by atoms with Crippen LogP contribution in [0.2, 0.25) is 0 Å². The number of hydrogen-bond acceptors (Lipinski definition) is 6. The summed E-state index contributed by atoms with van der Waals surface area (Å²) in [5.41, 5.74) is 2.68. The number of benzene rings is 1. The fraction of sp³-hybridized carbons (Fsp3) is 0.462. The van der Waals surface area contributed by atoms with E-state index >= 15 is 0 Å². The molecule has 1 aromatic rings. The standard InChI is InChI=1S/C13H18N4O4/c14-15-12-5-4-10(17(20)21)8-11(12)13(19)16(6-7-18)9-2-1-3-9/h4-5,8-9,15,18H,1-3,6-7,14H2. The van der Waals surface area contributed by atoms with Gasteiger partial charge in [0.15, 0.2) is 0 Å². The van der Waals surface area contributed by atoms with Gasteiger partial charge in [0.05, 0.1) is 22.8 Å². The number of nitrogens with two attached hydrogens (primary N) is 1. The summed E-state index contributed by atoms with van der Waals surface area (Å²) in [4.78, 5) is 24.5. The van der Waals surface area contributed by atoms with Crippen LogP contribution < -0.4 is 11.3 Å². The first-order valence-corrected chi connectivity index (χ1v) is 6.75. The number of carbonyl (C=O) groups excluding carboxylic acids is 1. The maximum absolute atomic E-state index is 12.6. The monoisotopic (exact) mass is 294 g/mol. The summed E-state index contributed by atoms with van der Waals surface area (Å²) in [5, 5.41) is 20.0. The van der Waals surface area contributed by atoms with Crippen LogP contribution in [-0.2, 0) is 0 Å². The van der Waals surface area contributed by atoms with Crippen LogP contribution in [0.5, 0.6) is 0 Å². The van der Waals surface area contributed by atoms with E-state index in [4.69, 9.17) is 10.9 Å². The van der Waals surface area contributed by atoms with Crippen LogP contribution in [0.15, 0.2) is 18.2 Å². The van der Waals surface area contributed by atoms with Gasteiger partial charge < -0.3 is 15.4 Å². The first-order chi connectivity index (χ1) is 10.1. The molecule has 0 saturated heterocycles. The van der Waals surface area contributed by atoms with Crippen molar-refractivity contribution in [3.05, 3.63) is 33.9 Å². The first-order valence-electron chi connectivity index (χ1n) is 6.75. The van der Waals surface area contributed by atoms with Crippen molar-refractivity contribution in [1.82, 2.24) is 4.90 Å². The lowest BCUT2D eigenvalue weighted by molar-refractivity contribution is -0.384. The molecule has 0 unspecified atom stereocenters. The van der Waals surface area contributed by atoms with Crippen molar-refractivity contribution < 1.29 is 14.8 Å². The molecular formula is C13H18N4O4. The Morgan fingerprint density at radius 3 is 2.71 bits per heavy atom. The van der Waals surface area contributed by atoms with Crippen molar-refractivity contribution >= 4 is 17.3 Å². The van der Waals surface area contributed by atoms with Crippen molar-refractivity contribution in [2.24, 2.45) is 5.84 Å². The van der Waals surface area contributed by atoms with E-state index in [1.807, 2.05) is 0 Å². The zero-order valence-electron chi connectivity index (χ0n) is 11.5. The number of carbonyl (C=O) groups is 1. The van der Waals surface area contributed by atoms with Crippen LogP contribution >= 0.6 is 0 Å². The molecule has 0 aliphatic heterocycles. The van der Waals surface area contributed by atoms with Crippen molar-refractivity contribution in [2.75, 3.05) is 18.6 Å². The third-order valence-corrected chi connectivity index (χ3v) is 3.72. The molecule has 2 rings (SSSR count). The number of non-ortho nitro benzene ring substituents is 1. The lowest BCUT2D eigenvalue weighted by atomic mass is 9.91. The first kappa shape index (κ1) is 15.2. The summed E-state index contributed by atoms with van der Waals surface area (Å²) in [6.07, 6.45) is 2.80. The molecule has 0 bridgehead atoms. The second kappa shape index (κ2) is 6.51. The minimum absolute atomic E-state index is 0.0783. The van der Waals surface area contributed by atoms with E-state index in [0.29, 0.717) is 5.69 Å². The Morgan fingerprint density at radius 1 is 1.52 bits per heavy atom. The maximum Gasteiger partial charge on any atom is 0.270 e. The topological polar surface area (TPSA) is 122 Å². The zero-order chi connectivity index (χ0) is 15.4. The van der Waals surface area contributed by atoms with Crippen LogP contribution in [0.4, 0.5) is 11.4 Å². The Labute approximate surface area is 121 Å². The van der Waals surface area contributed by atoms with E-state index in [0.717, 1.165) is 19.3 Å². The quantitative estimate of drug-likeness (QED) is 0.406. The minimum atomic E-state index is -0.559. The van der Waals surface area contributed by atoms with Crippen molar-refractivity contribution in [3.8, 4) is 0 Å². The molecule has 8 nitrogen and oxygen atoms in total. The number of nitrogens with zero attached hydrogens (tertiary/aromatic N) is 2. The van der Waals surface area contributed by atoms with Gasteiger partial charge >= 0.3 is 0 Å². The Morgan fingerprint density at radius 2 is 2.24 bits per heavy atom.